The van der Waals surface area contributed by atoms with Gasteiger partial charge in [0.25, 0.3) is 0 Å². The monoisotopic (exact) mass is 298 g/mol. The molecular formula is C17H30O4. The van der Waals surface area contributed by atoms with Gasteiger partial charge < -0.3 is 9.53 Å². The Bertz CT molecular complexity index is 366. The van der Waals surface area contributed by atoms with Gasteiger partial charge in [0.2, 0.25) is 0 Å². The third-order valence-corrected chi connectivity index (χ3v) is 1.47. The number of ether oxygens (including phenoxy) is 1. The molecule has 0 aliphatic rings. The molecule has 1 aromatic rings. The molecule has 1 aromatic carbocycles. The molecule has 122 valence electrons. The van der Waals surface area contributed by atoms with Gasteiger partial charge in [-0.15, -0.1) is 0 Å². The highest BCUT2D eigenvalue weighted by molar-refractivity contribution is 5.93. The van der Waals surface area contributed by atoms with Crippen molar-refractivity contribution in [2.45, 2.75) is 49.0 Å². The van der Waals surface area contributed by atoms with Crippen LogP contribution in [-0.2, 0) is 14.3 Å². The topological polar surface area (TPSA) is 60.4 Å². The fraction of sp³-hybridized carbons (Fsp3) is 0.471. The van der Waals surface area contributed by atoms with Crippen molar-refractivity contribution < 1.29 is 19.1 Å². The maximum absolute atomic E-state index is 10.6. The van der Waals surface area contributed by atoms with Gasteiger partial charge in [-0.1, -0.05) is 51.6 Å². The summed E-state index contributed by atoms with van der Waals surface area (Å²) in [7, 11) is 1.35. The van der Waals surface area contributed by atoms with Crippen LogP contribution >= 0.6 is 0 Å². The molecule has 0 aliphatic heterocycles. The predicted molar refractivity (Wildman–Crippen MR) is 88.6 cm³/mol. The highest BCUT2D eigenvalue weighted by Crippen LogP contribution is 1.97. The summed E-state index contributed by atoms with van der Waals surface area (Å²) in [6.07, 6.45) is 0. The van der Waals surface area contributed by atoms with Gasteiger partial charge in [-0.05, 0) is 20.8 Å². The molecule has 0 saturated heterocycles. The zero-order chi connectivity index (χ0) is 16.6. The first-order valence-corrected chi connectivity index (χ1v) is 6.39. The molecule has 0 aromatic heterocycles. The first-order valence-electron chi connectivity index (χ1n) is 6.39. The Morgan fingerprint density at radius 1 is 0.857 bits per heavy atom. The van der Waals surface area contributed by atoms with E-state index in [0.717, 1.165) is 5.56 Å². The van der Waals surface area contributed by atoms with E-state index in [0.29, 0.717) is 0 Å². The second-order valence-corrected chi connectivity index (χ2v) is 3.53. The normalized spacial score (nSPS) is 7.00. The van der Waals surface area contributed by atoms with Crippen molar-refractivity contribution in [1.29, 1.82) is 0 Å². The van der Waals surface area contributed by atoms with Crippen LogP contribution in [0.4, 0.5) is 0 Å². The van der Waals surface area contributed by atoms with Gasteiger partial charge in [-0.25, -0.2) is 0 Å². The highest BCUT2D eigenvalue weighted by Gasteiger charge is 1.92. The average Bonchev–Trinajstić information content (AvgIpc) is 2.42. The zero-order valence-corrected chi connectivity index (χ0v) is 13.5. The Morgan fingerprint density at radius 2 is 1.14 bits per heavy atom. The van der Waals surface area contributed by atoms with Gasteiger partial charge >= 0.3 is 5.97 Å². The smallest absolute Gasteiger partial charge is 0.302 e. The lowest BCUT2D eigenvalue weighted by Crippen LogP contribution is -1.88. The number of hydrogen-bond acceptors (Lipinski definition) is 4. The molecule has 0 amide bonds. The summed E-state index contributed by atoms with van der Waals surface area (Å²) in [5.74, 6) is 0.0422. The Morgan fingerprint density at radius 3 is 1.29 bits per heavy atom. The molecule has 0 radical (unpaired) electrons. The Hall–Kier alpha value is -1.97. The molecule has 0 spiro atoms. The fourth-order valence-electron chi connectivity index (χ4n) is 0.673. The van der Waals surface area contributed by atoms with E-state index in [-0.39, 0.29) is 25.0 Å². The van der Waals surface area contributed by atoms with Crippen molar-refractivity contribution in [2.75, 3.05) is 7.11 Å². The predicted octanol–water partition coefficient (Wildman–Crippen LogP) is 4.33. The Labute approximate surface area is 129 Å². The van der Waals surface area contributed by atoms with Crippen LogP contribution in [0, 0.1) is 0 Å². The van der Waals surface area contributed by atoms with Crippen LogP contribution in [0.15, 0.2) is 30.3 Å². The van der Waals surface area contributed by atoms with E-state index in [1.54, 1.807) is 6.92 Å². The summed E-state index contributed by atoms with van der Waals surface area (Å²) in [6, 6.07) is 9.23. The van der Waals surface area contributed by atoms with E-state index in [1.165, 1.54) is 27.9 Å². The number of esters is 1. The average molecular weight is 298 g/mol. The molecule has 4 nitrogen and oxygen atoms in total. The molecule has 4 heteroatoms. The number of rotatable bonds is 1. The number of hydrogen-bond donors (Lipinski definition) is 0. The lowest BCUT2D eigenvalue weighted by atomic mass is 10.2. The SMILES string of the molecule is C.CC.CC(=O)c1ccccc1.CC(C)=O.COC(C)=O. The summed E-state index contributed by atoms with van der Waals surface area (Å²) < 4.78 is 4.11. The quantitative estimate of drug-likeness (QED) is 0.572. The molecule has 0 unspecified atom stereocenters. The van der Waals surface area contributed by atoms with Crippen molar-refractivity contribution in [3.8, 4) is 0 Å². The number of methoxy groups -OCH3 is 1. The van der Waals surface area contributed by atoms with Crippen molar-refractivity contribution in [3.05, 3.63) is 35.9 Å². The molecule has 0 heterocycles. The van der Waals surface area contributed by atoms with Gasteiger partial charge in [0, 0.05) is 12.5 Å². The molecule has 0 N–H and O–H groups in total. The van der Waals surface area contributed by atoms with Gasteiger partial charge in [0.05, 0.1) is 7.11 Å². The van der Waals surface area contributed by atoms with Crippen LogP contribution in [0.25, 0.3) is 0 Å². The minimum atomic E-state index is -0.245. The van der Waals surface area contributed by atoms with Crippen LogP contribution in [0.3, 0.4) is 0 Å². The fourth-order valence-corrected chi connectivity index (χ4v) is 0.673. The highest BCUT2D eigenvalue weighted by atomic mass is 16.5. The van der Waals surface area contributed by atoms with Crippen LogP contribution in [0.1, 0.15) is 59.3 Å². The first kappa shape index (κ1) is 27.4. The molecule has 0 aliphatic carbocycles. The van der Waals surface area contributed by atoms with Crippen LogP contribution in [-0.4, -0.2) is 24.6 Å². The molecule has 0 saturated carbocycles. The zero-order valence-electron chi connectivity index (χ0n) is 13.5. The van der Waals surface area contributed by atoms with E-state index in [4.69, 9.17) is 0 Å². The van der Waals surface area contributed by atoms with Crippen molar-refractivity contribution >= 4 is 17.5 Å². The van der Waals surface area contributed by atoms with Crippen molar-refractivity contribution in [1.82, 2.24) is 0 Å². The third kappa shape index (κ3) is 32.0. The standard InChI is InChI=1S/C8H8O.C3H6O2.C3H6O.C2H6.CH4/c1-7(9)8-5-3-2-4-6-8;1-3(4)5-2;1-3(2)4;1-2;/h2-6H,1H3;1-2H3;1-2H3;1-2H3;1H4. The maximum Gasteiger partial charge on any atom is 0.302 e. The summed E-state index contributed by atoms with van der Waals surface area (Å²) in [5, 5.41) is 0. The van der Waals surface area contributed by atoms with Gasteiger partial charge in [-0.2, -0.15) is 0 Å². The number of ketones is 2. The van der Waals surface area contributed by atoms with Crippen molar-refractivity contribution in [2.24, 2.45) is 0 Å². The third-order valence-electron chi connectivity index (χ3n) is 1.47. The Balaban J connectivity index is -0.000000104. The number of Topliss-reactive ketones (excluding diaryl/α,β-unsaturated/α-hetero) is 2. The molecule has 21 heavy (non-hydrogen) atoms. The molecule has 0 atom stereocenters. The van der Waals surface area contributed by atoms with Crippen LogP contribution in [0.2, 0.25) is 0 Å². The van der Waals surface area contributed by atoms with Crippen LogP contribution in [0.5, 0.6) is 0 Å². The summed E-state index contributed by atoms with van der Waals surface area (Å²) in [6.45, 7) is 9.98. The second-order valence-electron chi connectivity index (χ2n) is 3.53. The first-order chi connectivity index (χ1) is 9.31. The van der Waals surface area contributed by atoms with E-state index in [9.17, 15) is 14.4 Å². The summed E-state index contributed by atoms with van der Waals surface area (Å²) >= 11 is 0. The second kappa shape index (κ2) is 20.3. The minimum absolute atomic E-state index is 0. The van der Waals surface area contributed by atoms with Gasteiger partial charge in [-0.3, -0.25) is 9.59 Å². The molecular weight excluding hydrogens is 268 g/mol. The maximum atomic E-state index is 10.6. The molecule has 1 rings (SSSR count). The summed E-state index contributed by atoms with van der Waals surface area (Å²) in [4.78, 5) is 29.7. The largest absolute Gasteiger partial charge is 0.469 e. The summed E-state index contributed by atoms with van der Waals surface area (Å²) in [5.41, 5.74) is 0.775. The minimum Gasteiger partial charge on any atom is -0.469 e. The van der Waals surface area contributed by atoms with E-state index in [1.807, 2.05) is 44.2 Å². The van der Waals surface area contributed by atoms with Gasteiger partial charge in [0.15, 0.2) is 5.78 Å². The van der Waals surface area contributed by atoms with E-state index in [2.05, 4.69) is 4.74 Å². The number of carbonyl (C=O) groups is 3. The van der Waals surface area contributed by atoms with E-state index < -0.39 is 0 Å². The van der Waals surface area contributed by atoms with E-state index >= 15 is 0 Å². The van der Waals surface area contributed by atoms with Crippen molar-refractivity contribution in [3.63, 3.8) is 0 Å². The Kier molecular flexibility index (Phi) is 26.5. The molecule has 0 fully saturated rings. The molecule has 0 bridgehead atoms. The number of carbonyl (C=O) groups excluding carboxylic acids is 3. The lowest BCUT2D eigenvalue weighted by Gasteiger charge is -1.89. The lowest BCUT2D eigenvalue weighted by molar-refractivity contribution is -0.137. The van der Waals surface area contributed by atoms with Gasteiger partial charge in [0.1, 0.15) is 5.78 Å². The van der Waals surface area contributed by atoms with Crippen LogP contribution < -0.4 is 0 Å². The number of benzene rings is 1.